The number of hydrogen-bond donors (Lipinski definition) is 4. The Morgan fingerprint density at radius 2 is 1.43 bits per heavy atom. The van der Waals surface area contributed by atoms with Crippen LogP contribution in [0, 0.1) is 5.92 Å². The van der Waals surface area contributed by atoms with Crippen molar-refractivity contribution in [2.24, 2.45) is 11.7 Å². The molecule has 278 valence electrons. The molecule has 2 aromatic rings. The largest absolute Gasteiger partial charge is 0.368 e. The fourth-order valence-electron chi connectivity index (χ4n) is 7.99. The molecule has 1 aliphatic carbocycles. The van der Waals surface area contributed by atoms with Crippen LogP contribution in [0.15, 0.2) is 60.7 Å². The lowest BCUT2D eigenvalue weighted by atomic mass is 9.84. The second-order valence-electron chi connectivity index (χ2n) is 14.5. The molecule has 0 bridgehead atoms. The van der Waals surface area contributed by atoms with Gasteiger partial charge in [-0.25, -0.2) is 0 Å². The van der Waals surface area contributed by atoms with Crippen molar-refractivity contribution >= 4 is 29.3 Å². The lowest BCUT2D eigenvalue weighted by Crippen LogP contribution is -2.59. The number of unbranched alkanes of at least 4 members (excludes halogenated alkanes) is 1. The van der Waals surface area contributed by atoms with Gasteiger partial charge in [-0.15, -0.1) is 0 Å². The van der Waals surface area contributed by atoms with E-state index in [9.17, 15) is 19.2 Å². The maximum atomic E-state index is 14.2. The number of likely N-dealkylation sites (tertiary alicyclic amines) is 1. The quantitative estimate of drug-likeness (QED) is 0.197. The highest BCUT2D eigenvalue weighted by atomic mass is 16.2. The van der Waals surface area contributed by atoms with E-state index in [-0.39, 0.29) is 23.6 Å². The van der Waals surface area contributed by atoms with Gasteiger partial charge in [-0.1, -0.05) is 80.6 Å². The lowest BCUT2D eigenvalue weighted by molar-refractivity contribution is -0.143. The van der Waals surface area contributed by atoms with Gasteiger partial charge in [-0.3, -0.25) is 19.2 Å². The molecule has 4 atom stereocenters. The zero-order chi connectivity index (χ0) is 36.0. The molecule has 5 N–H and O–H groups in total. The number of para-hydroxylation sites is 1. The Kier molecular flexibility index (Phi) is 14.7. The Labute approximate surface area is 304 Å². The number of rotatable bonds is 16. The second kappa shape index (κ2) is 19.6. The van der Waals surface area contributed by atoms with Crippen molar-refractivity contribution in [3.63, 3.8) is 0 Å². The smallest absolute Gasteiger partial charge is 0.245 e. The van der Waals surface area contributed by atoms with E-state index in [1.165, 1.54) is 6.42 Å². The topological polar surface area (TPSA) is 140 Å². The number of nitrogens with two attached hydrogens (primary N) is 1. The van der Waals surface area contributed by atoms with Crippen LogP contribution in [0.3, 0.4) is 0 Å². The number of benzene rings is 2. The Morgan fingerprint density at radius 1 is 0.745 bits per heavy atom. The summed E-state index contributed by atoms with van der Waals surface area (Å²) >= 11 is 0. The molecule has 0 radical (unpaired) electrons. The summed E-state index contributed by atoms with van der Waals surface area (Å²) in [4.78, 5) is 61.8. The minimum atomic E-state index is -0.773. The first-order valence-electron chi connectivity index (χ1n) is 19.3. The third-order valence-electron chi connectivity index (χ3n) is 11.0. The van der Waals surface area contributed by atoms with Crippen LogP contribution in [-0.2, 0) is 25.6 Å². The number of carbonyl (C=O) groups excluding carboxylic acids is 4. The van der Waals surface area contributed by atoms with Gasteiger partial charge in [0.05, 0.1) is 6.04 Å². The summed E-state index contributed by atoms with van der Waals surface area (Å²) in [7, 11) is 1.74. The molecule has 2 aromatic carbocycles. The van der Waals surface area contributed by atoms with Crippen molar-refractivity contribution in [2.75, 3.05) is 51.2 Å². The number of likely N-dealkylation sites (N-methyl/N-ethyl adjacent to an activating group) is 1. The van der Waals surface area contributed by atoms with Crippen LogP contribution >= 0.6 is 0 Å². The first-order chi connectivity index (χ1) is 24.9. The maximum Gasteiger partial charge on any atom is 0.245 e. The number of anilines is 1. The summed E-state index contributed by atoms with van der Waals surface area (Å²) in [5, 5.41) is 9.29. The molecular weight excluding hydrogens is 642 g/mol. The van der Waals surface area contributed by atoms with Gasteiger partial charge >= 0.3 is 0 Å². The van der Waals surface area contributed by atoms with Crippen LogP contribution in [-0.4, -0.2) is 104 Å². The lowest BCUT2D eigenvalue weighted by Gasteiger charge is -2.38. The van der Waals surface area contributed by atoms with E-state index >= 15 is 0 Å². The van der Waals surface area contributed by atoms with E-state index in [0.29, 0.717) is 70.6 Å². The highest BCUT2D eigenvalue weighted by molar-refractivity contribution is 5.95. The predicted octanol–water partition coefficient (Wildman–Crippen LogP) is 3.23. The summed E-state index contributed by atoms with van der Waals surface area (Å²) in [6, 6.07) is 17.4. The van der Waals surface area contributed by atoms with Crippen molar-refractivity contribution in [2.45, 2.75) is 101 Å². The van der Waals surface area contributed by atoms with E-state index in [1.54, 1.807) is 11.9 Å². The zero-order valence-corrected chi connectivity index (χ0v) is 30.4. The van der Waals surface area contributed by atoms with Gasteiger partial charge in [-0.05, 0) is 82.2 Å². The third-order valence-corrected chi connectivity index (χ3v) is 11.0. The molecule has 2 heterocycles. The molecule has 4 amide bonds. The third kappa shape index (κ3) is 10.8. The van der Waals surface area contributed by atoms with E-state index in [2.05, 4.69) is 33.0 Å². The Hall–Kier alpha value is -3.96. The van der Waals surface area contributed by atoms with Gasteiger partial charge in [0.15, 0.2) is 0 Å². The van der Waals surface area contributed by atoms with E-state index in [0.717, 1.165) is 56.4 Å². The van der Waals surface area contributed by atoms with Crippen molar-refractivity contribution in [3.8, 4) is 0 Å². The molecule has 11 nitrogen and oxygen atoms in total. The molecule has 3 fully saturated rings. The van der Waals surface area contributed by atoms with Gasteiger partial charge in [0.25, 0.3) is 0 Å². The molecular formula is C40H59N7O4. The summed E-state index contributed by atoms with van der Waals surface area (Å²) in [5.74, 6) is -0.418. The molecule has 0 aromatic heterocycles. The molecule has 2 aliphatic heterocycles. The highest BCUT2D eigenvalue weighted by Crippen LogP contribution is 2.29. The second-order valence-corrected chi connectivity index (χ2v) is 14.5. The molecule has 2 saturated heterocycles. The number of amides is 4. The zero-order valence-electron chi connectivity index (χ0n) is 30.4. The standard InChI is InChI=1S/C40H59N7O4/c1-42-34(28-30-14-5-2-6-15-30)37(48)43-33(20-11-12-22-41)40(51)47-23-13-21-36(47)38(49)44-35(29-31-16-7-3-8-17-31)39(50)46-26-24-45(25-27-46)32-18-9-4-10-19-32/h2,4-6,9-10,14-15,18-19,31,33-36,42H,3,7-8,11-13,16-17,20-29,41H2,1H3,(H,43,48)(H,44,49)/t33-,34-,35+,36-/m0/s1. The van der Waals surface area contributed by atoms with Crippen LogP contribution in [0.5, 0.6) is 0 Å². The van der Waals surface area contributed by atoms with Crippen molar-refractivity contribution in [1.82, 2.24) is 25.8 Å². The number of nitrogens with one attached hydrogen (secondary N) is 3. The molecule has 0 spiro atoms. The predicted molar refractivity (Wildman–Crippen MR) is 201 cm³/mol. The van der Waals surface area contributed by atoms with E-state index < -0.39 is 24.2 Å². The minimum absolute atomic E-state index is 0.0269. The molecule has 0 unspecified atom stereocenters. The average Bonchev–Trinajstić information content (AvgIpc) is 3.67. The van der Waals surface area contributed by atoms with E-state index in [1.807, 2.05) is 53.4 Å². The maximum absolute atomic E-state index is 14.2. The molecule has 51 heavy (non-hydrogen) atoms. The fraction of sp³-hybridized carbons (Fsp3) is 0.600. The van der Waals surface area contributed by atoms with Crippen molar-refractivity contribution < 1.29 is 19.2 Å². The molecule has 1 saturated carbocycles. The monoisotopic (exact) mass is 701 g/mol. The van der Waals surface area contributed by atoms with Crippen LogP contribution < -0.4 is 26.6 Å². The van der Waals surface area contributed by atoms with Crippen LogP contribution in [0.4, 0.5) is 5.69 Å². The number of piperazine rings is 1. The number of hydrogen-bond acceptors (Lipinski definition) is 7. The van der Waals surface area contributed by atoms with Crippen molar-refractivity contribution in [1.29, 1.82) is 0 Å². The van der Waals surface area contributed by atoms with Gasteiger partial charge in [0.1, 0.15) is 18.1 Å². The van der Waals surface area contributed by atoms with Gasteiger partial charge in [-0.2, -0.15) is 0 Å². The first-order valence-corrected chi connectivity index (χ1v) is 19.3. The molecule has 3 aliphatic rings. The van der Waals surface area contributed by atoms with Gasteiger partial charge in [0, 0.05) is 38.4 Å². The van der Waals surface area contributed by atoms with Gasteiger partial charge < -0.3 is 36.4 Å². The van der Waals surface area contributed by atoms with Gasteiger partial charge in [0.2, 0.25) is 23.6 Å². The fourth-order valence-corrected chi connectivity index (χ4v) is 7.99. The molecule has 11 heteroatoms. The van der Waals surface area contributed by atoms with Crippen LogP contribution in [0.1, 0.15) is 76.2 Å². The Bertz CT molecular complexity index is 1400. The van der Waals surface area contributed by atoms with Crippen molar-refractivity contribution in [3.05, 3.63) is 66.2 Å². The summed E-state index contributed by atoms with van der Waals surface area (Å²) in [6.45, 7) is 3.60. The van der Waals surface area contributed by atoms with E-state index in [4.69, 9.17) is 5.73 Å². The normalized spacial score (nSPS) is 20.0. The Morgan fingerprint density at radius 3 is 2.10 bits per heavy atom. The first kappa shape index (κ1) is 38.3. The average molecular weight is 702 g/mol. The minimum Gasteiger partial charge on any atom is -0.368 e. The number of carbonyl (C=O) groups is 4. The SMILES string of the molecule is CN[C@@H](Cc1ccccc1)C(=O)N[C@@H](CCCCN)C(=O)N1CCC[C@H]1C(=O)N[C@H](CC1CCCCC1)C(=O)N1CCN(c2ccccc2)CC1. The summed E-state index contributed by atoms with van der Waals surface area (Å²) in [6.07, 6.45) is 9.80. The van der Waals surface area contributed by atoms with Crippen LogP contribution in [0.25, 0.3) is 0 Å². The molecule has 5 rings (SSSR count). The summed E-state index contributed by atoms with van der Waals surface area (Å²) < 4.78 is 0. The number of nitrogens with zero attached hydrogens (tertiary/aromatic N) is 3. The van der Waals surface area contributed by atoms with Crippen LogP contribution in [0.2, 0.25) is 0 Å². The summed E-state index contributed by atoms with van der Waals surface area (Å²) in [5.41, 5.74) is 7.95. The highest BCUT2D eigenvalue weighted by Gasteiger charge is 2.40. The Balaban J connectivity index is 1.25.